The number of amides is 2. The molecule has 1 N–H and O–H groups in total. The minimum absolute atomic E-state index is 0.0640. The van der Waals surface area contributed by atoms with Crippen molar-refractivity contribution in [2.45, 2.75) is 58.2 Å². The number of piperazine rings is 1. The van der Waals surface area contributed by atoms with E-state index in [1.807, 2.05) is 52.3 Å². The predicted molar refractivity (Wildman–Crippen MR) is 160 cm³/mol. The van der Waals surface area contributed by atoms with Gasteiger partial charge in [-0.2, -0.15) is 0 Å². The second kappa shape index (κ2) is 12.4. The van der Waals surface area contributed by atoms with Crippen molar-refractivity contribution in [3.63, 3.8) is 0 Å². The van der Waals surface area contributed by atoms with E-state index in [2.05, 4.69) is 36.9 Å². The Kier molecular flexibility index (Phi) is 8.64. The smallest absolute Gasteiger partial charge is 0.254 e. The van der Waals surface area contributed by atoms with Crippen molar-refractivity contribution < 1.29 is 19.4 Å². The number of aryl methyl sites for hydroxylation is 2. The molecule has 0 saturated carbocycles. The van der Waals surface area contributed by atoms with Crippen LogP contribution in [0.3, 0.4) is 0 Å². The highest BCUT2D eigenvalue weighted by Crippen LogP contribution is 2.35. The Morgan fingerprint density at radius 1 is 0.854 bits per heavy atom. The molecule has 0 aliphatic carbocycles. The number of rotatable bonds is 9. The normalized spacial score (nSPS) is 15.6. The Labute approximate surface area is 243 Å². The van der Waals surface area contributed by atoms with Crippen LogP contribution in [0.5, 0.6) is 11.5 Å². The Morgan fingerprint density at radius 2 is 1.59 bits per heavy atom. The molecule has 2 heterocycles. The van der Waals surface area contributed by atoms with Crippen LogP contribution < -0.4 is 4.74 Å². The number of phenolic OH excluding ortho intramolecular Hbond substituents is 1. The van der Waals surface area contributed by atoms with Gasteiger partial charge in [-0.15, -0.1) is 0 Å². The lowest BCUT2D eigenvalue weighted by atomic mass is 9.93. The van der Waals surface area contributed by atoms with E-state index in [9.17, 15) is 14.7 Å². The van der Waals surface area contributed by atoms with Crippen molar-refractivity contribution >= 4 is 11.8 Å². The zero-order valence-electron chi connectivity index (χ0n) is 24.4. The Bertz CT molecular complexity index is 1380. The van der Waals surface area contributed by atoms with Gasteiger partial charge < -0.3 is 19.6 Å². The number of ether oxygens (including phenoxy) is 1. The maximum absolute atomic E-state index is 13.7. The minimum atomic E-state index is -0.0871. The third-order valence-corrected chi connectivity index (χ3v) is 8.73. The van der Waals surface area contributed by atoms with E-state index in [0.717, 1.165) is 49.0 Å². The van der Waals surface area contributed by atoms with Gasteiger partial charge >= 0.3 is 0 Å². The van der Waals surface area contributed by atoms with Crippen molar-refractivity contribution in [1.29, 1.82) is 0 Å². The Balaban J connectivity index is 1.17. The van der Waals surface area contributed by atoms with Crippen LogP contribution in [0.2, 0.25) is 0 Å². The van der Waals surface area contributed by atoms with Gasteiger partial charge in [0.15, 0.2) is 11.5 Å². The molecule has 2 aliphatic rings. The van der Waals surface area contributed by atoms with E-state index in [1.54, 1.807) is 13.2 Å². The first-order valence-electron chi connectivity index (χ1n) is 14.6. The molecule has 5 rings (SSSR count). The molecule has 3 aromatic carbocycles. The fourth-order valence-corrected chi connectivity index (χ4v) is 5.92. The van der Waals surface area contributed by atoms with Gasteiger partial charge in [-0.1, -0.05) is 48.5 Å². The number of aromatic hydroxyl groups is 1. The SMILES string of the molecule is COc1cc(CCC(C)(C)N2Cc3cccc(C(=O)N4CCN(C(=O)CCc5ccccc5)CC4)c3C2)ccc1O. The van der Waals surface area contributed by atoms with E-state index >= 15 is 0 Å². The first-order valence-corrected chi connectivity index (χ1v) is 14.6. The molecule has 3 aromatic rings. The van der Waals surface area contributed by atoms with Gasteiger partial charge in [0.25, 0.3) is 5.91 Å². The first kappa shape index (κ1) is 28.7. The summed E-state index contributed by atoms with van der Waals surface area (Å²) >= 11 is 0. The van der Waals surface area contributed by atoms with Gasteiger partial charge in [0.2, 0.25) is 5.91 Å². The molecule has 0 unspecified atom stereocenters. The van der Waals surface area contributed by atoms with Crippen LogP contribution in [0.15, 0.2) is 66.7 Å². The number of nitrogens with zero attached hydrogens (tertiary/aromatic N) is 3. The number of hydrogen-bond donors (Lipinski definition) is 1. The summed E-state index contributed by atoms with van der Waals surface area (Å²) in [5, 5.41) is 9.92. The van der Waals surface area contributed by atoms with Crippen molar-refractivity contribution in [2.75, 3.05) is 33.3 Å². The summed E-state index contributed by atoms with van der Waals surface area (Å²) in [6.07, 6.45) is 3.02. The van der Waals surface area contributed by atoms with Crippen molar-refractivity contribution in [2.24, 2.45) is 0 Å². The quantitative estimate of drug-likeness (QED) is 0.400. The summed E-state index contributed by atoms with van der Waals surface area (Å²) in [5.41, 5.74) is 5.33. The van der Waals surface area contributed by atoms with Gasteiger partial charge in [0, 0.05) is 56.8 Å². The van der Waals surface area contributed by atoms with Crippen LogP contribution in [-0.4, -0.2) is 70.4 Å². The number of hydrogen-bond acceptors (Lipinski definition) is 5. The number of phenols is 1. The van der Waals surface area contributed by atoms with E-state index in [4.69, 9.17) is 4.74 Å². The van der Waals surface area contributed by atoms with E-state index in [0.29, 0.717) is 38.3 Å². The summed E-state index contributed by atoms with van der Waals surface area (Å²) in [6, 6.07) is 21.7. The van der Waals surface area contributed by atoms with E-state index < -0.39 is 0 Å². The predicted octanol–water partition coefficient (Wildman–Crippen LogP) is 5.05. The van der Waals surface area contributed by atoms with E-state index in [-0.39, 0.29) is 23.1 Å². The topological polar surface area (TPSA) is 73.3 Å². The lowest BCUT2D eigenvalue weighted by Gasteiger charge is -2.36. The van der Waals surface area contributed by atoms with Gasteiger partial charge in [-0.3, -0.25) is 14.5 Å². The van der Waals surface area contributed by atoms with Crippen LogP contribution in [0.25, 0.3) is 0 Å². The van der Waals surface area contributed by atoms with E-state index in [1.165, 1.54) is 11.1 Å². The summed E-state index contributed by atoms with van der Waals surface area (Å²) < 4.78 is 5.27. The second-order valence-electron chi connectivity index (χ2n) is 11.8. The summed E-state index contributed by atoms with van der Waals surface area (Å²) in [5.74, 6) is 0.868. The summed E-state index contributed by atoms with van der Waals surface area (Å²) in [4.78, 5) is 32.7. The average molecular weight is 556 g/mol. The van der Waals surface area contributed by atoms with Crippen molar-refractivity contribution in [3.05, 3.63) is 94.5 Å². The molecule has 2 amide bonds. The summed E-state index contributed by atoms with van der Waals surface area (Å²) in [7, 11) is 1.57. The number of carbonyl (C=O) groups excluding carboxylic acids is 2. The molecule has 1 saturated heterocycles. The summed E-state index contributed by atoms with van der Waals surface area (Å²) in [6.45, 7) is 8.34. The van der Waals surface area contributed by atoms with Crippen LogP contribution in [-0.2, 0) is 30.7 Å². The van der Waals surface area contributed by atoms with Gasteiger partial charge in [0.1, 0.15) is 0 Å². The number of benzene rings is 3. The van der Waals surface area contributed by atoms with Gasteiger partial charge in [0.05, 0.1) is 7.11 Å². The molecule has 7 nitrogen and oxygen atoms in total. The third kappa shape index (κ3) is 6.57. The van der Waals surface area contributed by atoms with Gasteiger partial charge in [-0.25, -0.2) is 0 Å². The maximum atomic E-state index is 13.7. The molecule has 0 aromatic heterocycles. The lowest BCUT2D eigenvalue weighted by molar-refractivity contribution is -0.132. The van der Waals surface area contributed by atoms with Crippen LogP contribution >= 0.6 is 0 Å². The fraction of sp³-hybridized carbons (Fsp3) is 0.412. The van der Waals surface area contributed by atoms with Crippen molar-refractivity contribution in [3.8, 4) is 11.5 Å². The molecular weight excluding hydrogens is 514 g/mol. The largest absolute Gasteiger partial charge is 0.504 e. The fourth-order valence-electron chi connectivity index (χ4n) is 5.92. The van der Waals surface area contributed by atoms with Crippen LogP contribution in [0.4, 0.5) is 0 Å². The standard InChI is InChI=1S/C34H41N3O4/c1-34(2,17-16-26-12-14-30(38)31(22-26)41-3)37-23-27-10-7-11-28(29(27)24-37)33(40)36-20-18-35(19-21-36)32(39)15-13-25-8-5-4-6-9-25/h4-12,14,22,38H,13,15-21,23-24H2,1-3H3. The molecule has 2 aliphatic heterocycles. The average Bonchev–Trinajstić information content (AvgIpc) is 3.46. The molecule has 41 heavy (non-hydrogen) atoms. The zero-order chi connectivity index (χ0) is 29.0. The third-order valence-electron chi connectivity index (χ3n) is 8.73. The highest BCUT2D eigenvalue weighted by molar-refractivity contribution is 5.96. The highest BCUT2D eigenvalue weighted by Gasteiger charge is 2.35. The van der Waals surface area contributed by atoms with Gasteiger partial charge in [-0.05, 0) is 73.6 Å². The molecule has 0 radical (unpaired) electrons. The second-order valence-corrected chi connectivity index (χ2v) is 11.8. The number of carbonyl (C=O) groups is 2. The molecular formula is C34H41N3O4. The monoisotopic (exact) mass is 555 g/mol. The maximum Gasteiger partial charge on any atom is 0.254 e. The number of fused-ring (bicyclic) bond motifs is 1. The van der Waals surface area contributed by atoms with Crippen LogP contribution in [0, 0.1) is 0 Å². The molecule has 0 bridgehead atoms. The molecule has 216 valence electrons. The Hall–Kier alpha value is -3.84. The molecule has 1 fully saturated rings. The highest BCUT2D eigenvalue weighted by atomic mass is 16.5. The molecule has 7 heteroatoms. The molecule has 0 atom stereocenters. The van der Waals surface area contributed by atoms with Crippen molar-refractivity contribution in [1.82, 2.24) is 14.7 Å². The lowest BCUT2D eigenvalue weighted by Crippen LogP contribution is -2.50. The first-order chi connectivity index (χ1) is 19.7. The van der Waals surface area contributed by atoms with Crippen LogP contribution in [0.1, 0.15) is 59.3 Å². The number of methoxy groups -OCH3 is 1. The zero-order valence-corrected chi connectivity index (χ0v) is 24.4. The minimum Gasteiger partial charge on any atom is -0.504 e. The Morgan fingerprint density at radius 3 is 2.32 bits per heavy atom. The molecule has 0 spiro atoms.